The van der Waals surface area contributed by atoms with E-state index in [2.05, 4.69) is 5.32 Å². The first kappa shape index (κ1) is 14.5. The van der Waals surface area contributed by atoms with Crippen molar-refractivity contribution in [1.82, 2.24) is 0 Å². The number of primary amides is 1. The highest BCUT2D eigenvalue weighted by Crippen LogP contribution is 2.24. The summed E-state index contributed by atoms with van der Waals surface area (Å²) in [6.07, 6.45) is 0. The molecule has 0 unspecified atom stereocenters. The first-order valence-electron chi connectivity index (χ1n) is 6.30. The van der Waals surface area contributed by atoms with Crippen LogP contribution in [0.2, 0.25) is 0 Å². The third-order valence-corrected chi connectivity index (χ3v) is 2.79. The van der Waals surface area contributed by atoms with Gasteiger partial charge in [0, 0.05) is 23.9 Å². The number of ether oxygens (including phenoxy) is 1. The lowest BCUT2D eigenvalue weighted by atomic mass is 10.2. The van der Waals surface area contributed by atoms with Crippen molar-refractivity contribution in [2.45, 2.75) is 6.54 Å². The molecular formula is C15H16N2O4. The molecule has 0 spiro atoms. The lowest BCUT2D eigenvalue weighted by Crippen LogP contribution is -2.19. The molecule has 0 radical (unpaired) electrons. The van der Waals surface area contributed by atoms with Crippen LogP contribution in [0, 0.1) is 0 Å². The summed E-state index contributed by atoms with van der Waals surface area (Å²) in [5, 5.41) is 22.0. The first-order valence-corrected chi connectivity index (χ1v) is 6.30. The number of aromatic hydroxyl groups is 2. The summed E-state index contributed by atoms with van der Waals surface area (Å²) in [4.78, 5) is 10.6. The predicted molar refractivity (Wildman–Crippen MR) is 78.2 cm³/mol. The minimum absolute atomic E-state index is 0.0206. The lowest BCUT2D eigenvalue weighted by molar-refractivity contribution is -0.119. The second-order valence-electron chi connectivity index (χ2n) is 4.45. The third kappa shape index (κ3) is 4.31. The van der Waals surface area contributed by atoms with E-state index >= 15 is 0 Å². The molecule has 0 aliphatic carbocycles. The van der Waals surface area contributed by atoms with Gasteiger partial charge in [-0.1, -0.05) is 0 Å². The van der Waals surface area contributed by atoms with E-state index in [0.717, 1.165) is 5.69 Å². The molecule has 0 fully saturated rings. The van der Waals surface area contributed by atoms with Gasteiger partial charge in [0.15, 0.2) is 6.61 Å². The summed E-state index contributed by atoms with van der Waals surface area (Å²) in [5.74, 6) is 0.0722. The van der Waals surface area contributed by atoms with Crippen LogP contribution in [0.3, 0.4) is 0 Å². The molecule has 0 aliphatic heterocycles. The van der Waals surface area contributed by atoms with E-state index in [-0.39, 0.29) is 18.1 Å². The molecule has 2 aromatic carbocycles. The van der Waals surface area contributed by atoms with Crippen LogP contribution in [0.25, 0.3) is 0 Å². The topological polar surface area (TPSA) is 105 Å². The van der Waals surface area contributed by atoms with Gasteiger partial charge >= 0.3 is 0 Å². The Morgan fingerprint density at radius 2 is 1.86 bits per heavy atom. The van der Waals surface area contributed by atoms with Gasteiger partial charge in [0.2, 0.25) is 0 Å². The Kier molecular flexibility index (Phi) is 4.50. The Morgan fingerprint density at radius 1 is 1.14 bits per heavy atom. The molecule has 0 saturated carbocycles. The maximum Gasteiger partial charge on any atom is 0.255 e. The van der Waals surface area contributed by atoms with E-state index in [4.69, 9.17) is 10.5 Å². The van der Waals surface area contributed by atoms with Crippen molar-refractivity contribution in [2.75, 3.05) is 11.9 Å². The summed E-state index contributed by atoms with van der Waals surface area (Å²) in [6.45, 7) is 0.252. The number of nitrogens with one attached hydrogen (secondary N) is 1. The molecule has 0 saturated heterocycles. The SMILES string of the molecule is NC(=O)COc1ccc(NCc2ccc(O)cc2O)cc1. The smallest absolute Gasteiger partial charge is 0.255 e. The standard InChI is InChI=1S/C15H16N2O4/c16-15(20)9-21-13-5-2-11(3-6-13)17-8-10-1-4-12(18)7-14(10)19/h1-7,17-19H,8-9H2,(H2,16,20). The number of anilines is 1. The molecule has 6 heteroatoms. The molecule has 0 heterocycles. The number of phenols is 2. The number of rotatable bonds is 6. The van der Waals surface area contributed by atoms with Crippen LogP contribution in [0.1, 0.15) is 5.56 Å². The van der Waals surface area contributed by atoms with Gasteiger partial charge in [-0.05, 0) is 36.4 Å². The maximum atomic E-state index is 10.6. The monoisotopic (exact) mass is 288 g/mol. The van der Waals surface area contributed by atoms with E-state index in [1.165, 1.54) is 12.1 Å². The number of nitrogens with two attached hydrogens (primary N) is 1. The second-order valence-corrected chi connectivity index (χ2v) is 4.45. The van der Waals surface area contributed by atoms with Crippen LogP contribution < -0.4 is 15.8 Å². The maximum absolute atomic E-state index is 10.6. The molecule has 0 aliphatic rings. The highest BCUT2D eigenvalue weighted by molar-refractivity contribution is 5.75. The fourth-order valence-electron chi connectivity index (χ4n) is 1.72. The van der Waals surface area contributed by atoms with Crippen molar-refractivity contribution >= 4 is 11.6 Å². The number of benzene rings is 2. The third-order valence-electron chi connectivity index (χ3n) is 2.79. The van der Waals surface area contributed by atoms with E-state index < -0.39 is 5.91 Å². The Balaban J connectivity index is 1.92. The van der Waals surface area contributed by atoms with Crippen LogP contribution in [0.15, 0.2) is 42.5 Å². The average molecular weight is 288 g/mol. The van der Waals surface area contributed by atoms with Crippen LogP contribution in [0.5, 0.6) is 17.2 Å². The van der Waals surface area contributed by atoms with Crippen molar-refractivity contribution in [3.8, 4) is 17.2 Å². The summed E-state index contributed by atoms with van der Waals surface area (Å²) in [5.41, 5.74) is 6.49. The average Bonchev–Trinajstić information content (AvgIpc) is 2.45. The first-order chi connectivity index (χ1) is 10.0. The summed E-state index contributed by atoms with van der Waals surface area (Å²) >= 11 is 0. The van der Waals surface area contributed by atoms with Crippen LogP contribution in [-0.2, 0) is 11.3 Å². The summed E-state index contributed by atoms with van der Waals surface area (Å²) < 4.78 is 5.15. The van der Waals surface area contributed by atoms with Crippen molar-refractivity contribution in [1.29, 1.82) is 0 Å². The molecule has 21 heavy (non-hydrogen) atoms. The number of carbonyl (C=O) groups is 1. The van der Waals surface area contributed by atoms with E-state index in [1.807, 2.05) is 0 Å². The van der Waals surface area contributed by atoms with Gasteiger partial charge in [-0.25, -0.2) is 0 Å². The van der Waals surface area contributed by atoms with E-state index in [1.54, 1.807) is 30.3 Å². The Morgan fingerprint density at radius 3 is 2.48 bits per heavy atom. The Hall–Kier alpha value is -2.89. The highest BCUT2D eigenvalue weighted by atomic mass is 16.5. The quantitative estimate of drug-likeness (QED) is 0.646. The molecule has 0 bridgehead atoms. The number of phenolic OH excluding ortho intramolecular Hbond substituents is 2. The van der Waals surface area contributed by atoms with Crippen molar-refractivity contribution in [3.63, 3.8) is 0 Å². The van der Waals surface area contributed by atoms with Gasteiger partial charge in [0.05, 0.1) is 0 Å². The Labute approximate surface area is 121 Å². The zero-order chi connectivity index (χ0) is 15.2. The van der Waals surface area contributed by atoms with Gasteiger partial charge in [-0.15, -0.1) is 0 Å². The van der Waals surface area contributed by atoms with Crippen LogP contribution in [-0.4, -0.2) is 22.7 Å². The number of amides is 1. The highest BCUT2D eigenvalue weighted by Gasteiger charge is 2.03. The molecule has 0 aromatic heterocycles. The normalized spacial score (nSPS) is 10.1. The molecular weight excluding hydrogens is 272 g/mol. The molecule has 1 amide bonds. The molecule has 2 rings (SSSR count). The lowest BCUT2D eigenvalue weighted by Gasteiger charge is -2.09. The van der Waals surface area contributed by atoms with E-state index in [0.29, 0.717) is 17.9 Å². The van der Waals surface area contributed by atoms with E-state index in [9.17, 15) is 15.0 Å². The zero-order valence-electron chi connectivity index (χ0n) is 11.2. The number of carbonyl (C=O) groups excluding carboxylic acids is 1. The summed E-state index contributed by atoms with van der Waals surface area (Å²) in [6, 6.07) is 11.4. The Bertz CT molecular complexity index is 626. The molecule has 0 atom stereocenters. The molecule has 5 N–H and O–H groups in total. The van der Waals surface area contributed by atoms with Crippen LogP contribution >= 0.6 is 0 Å². The minimum Gasteiger partial charge on any atom is -0.508 e. The van der Waals surface area contributed by atoms with Crippen molar-refractivity contribution < 1.29 is 19.7 Å². The van der Waals surface area contributed by atoms with Gasteiger partial charge in [0.1, 0.15) is 17.2 Å². The van der Waals surface area contributed by atoms with Gasteiger partial charge in [0.25, 0.3) is 5.91 Å². The van der Waals surface area contributed by atoms with Crippen molar-refractivity contribution in [2.24, 2.45) is 5.73 Å². The molecule has 2 aromatic rings. The second kappa shape index (κ2) is 6.51. The number of hydrogen-bond donors (Lipinski definition) is 4. The fraction of sp³-hybridized carbons (Fsp3) is 0.133. The summed E-state index contributed by atoms with van der Waals surface area (Å²) in [7, 11) is 0. The largest absolute Gasteiger partial charge is 0.508 e. The number of hydrogen-bond acceptors (Lipinski definition) is 5. The van der Waals surface area contributed by atoms with Gasteiger partial charge in [-0.3, -0.25) is 4.79 Å². The van der Waals surface area contributed by atoms with Gasteiger partial charge < -0.3 is 26.0 Å². The fourth-order valence-corrected chi connectivity index (χ4v) is 1.72. The minimum atomic E-state index is -0.528. The van der Waals surface area contributed by atoms with Crippen LogP contribution in [0.4, 0.5) is 5.69 Å². The molecule has 6 nitrogen and oxygen atoms in total. The molecule has 110 valence electrons. The van der Waals surface area contributed by atoms with Gasteiger partial charge in [-0.2, -0.15) is 0 Å². The van der Waals surface area contributed by atoms with Crippen molar-refractivity contribution in [3.05, 3.63) is 48.0 Å². The zero-order valence-corrected chi connectivity index (χ0v) is 11.2. The predicted octanol–water partition coefficient (Wildman–Crippen LogP) is 1.57.